The molecule has 102 valence electrons. The van der Waals surface area contributed by atoms with Crippen LogP contribution in [0.3, 0.4) is 0 Å². The van der Waals surface area contributed by atoms with Crippen molar-refractivity contribution in [3.8, 4) is 5.75 Å². The Bertz CT molecular complexity index is 557. The number of hydrazine groups is 1. The highest BCUT2D eigenvalue weighted by Crippen LogP contribution is 2.29. The fourth-order valence-electron chi connectivity index (χ4n) is 1.93. The van der Waals surface area contributed by atoms with E-state index in [0.29, 0.717) is 11.4 Å². The predicted molar refractivity (Wildman–Crippen MR) is 72.8 cm³/mol. The average Bonchev–Trinajstić information content (AvgIpc) is 2.81. The standard InChI is InChI=1S/C12H16ClN5O/c1-18-7-9(16-17-18)6-11(15-14)10-5-8(13)3-4-12(10)19-2/h3-5,7,11,15H,6,14H2,1-2H3. The van der Waals surface area contributed by atoms with E-state index in [1.54, 1.807) is 17.9 Å². The van der Waals surface area contributed by atoms with Crippen LogP contribution in [0, 0.1) is 0 Å². The number of methoxy groups -OCH3 is 1. The molecule has 0 bridgehead atoms. The Kier molecular flexibility index (Phi) is 4.36. The molecule has 0 aliphatic carbocycles. The zero-order valence-corrected chi connectivity index (χ0v) is 11.6. The van der Waals surface area contributed by atoms with E-state index in [1.807, 2.05) is 25.4 Å². The molecule has 1 aromatic carbocycles. The molecule has 0 saturated carbocycles. The van der Waals surface area contributed by atoms with Gasteiger partial charge in [-0.25, -0.2) is 0 Å². The molecule has 0 aliphatic rings. The second-order valence-electron chi connectivity index (χ2n) is 4.19. The Balaban J connectivity index is 2.28. The lowest BCUT2D eigenvalue weighted by Gasteiger charge is -2.18. The molecular weight excluding hydrogens is 266 g/mol. The van der Waals surface area contributed by atoms with Gasteiger partial charge in [0, 0.05) is 30.3 Å². The fraction of sp³-hybridized carbons (Fsp3) is 0.333. The zero-order chi connectivity index (χ0) is 13.8. The first kappa shape index (κ1) is 13.8. The number of ether oxygens (including phenoxy) is 1. The van der Waals surface area contributed by atoms with Gasteiger partial charge < -0.3 is 4.74 Å². The number of nitrogens with two attached hydrogens (primary N) is 1. The van der Waals surface area contributed by atoms with Crippen LogP contribution >= 0.6 is 11.6 Å². The zero-order valence-electron chi connectivity index (χ0n) is 10.8. The number of nitrogens with one attached hydrogen (secondary N) is 1. The van der Waals surface area contributed by atoms with E-state index in [2.05, 4.69) is 15.7 Å². The fourth-order valence-corrected chi connectivity index (χ4v) is 2.11. The third-order valence-corrected chi connectivity index (χ3v) is 3.07. The van der Waals surface area contributed by atoms with Gasteiger partial charge >= 0.3 is 0 Å². The van der Waals surface area contributed by atoms with Gasteiger partial charge in [-0.2, -0.15) is 0 Å². The molecule has 6 nitrogen and oxygen atoms in total. The second kappa shape index (κ2) is 6.01. The topological polar surface area (TPSA) is 78.0 Å². The summed E-state index contributed by atoms with van der Waals surface area (Å²) >= 11 is 6.03. The number of benzene rings is 1. The lowest BCUT2D eigenvalue weighted by Crippen LogP contribution is -2.30. The third-order valence-electron chi connectivity index (χ3n) is 2.83. The lowest BCUT2D eigenvalue weighted by molar-refractivity contribution is 0.398. The van der Waals surface area contributed by atoms with Gasteiger partial charge in [0.25, 0.3) is 0 Å². The van der Waals surface area contributed by atoms with Gasteiger partial charge in [0.05, 0.1) is 18.8 Å². The summed E-state index contributed by atoms with van der Waals surface area (Å²) in [4.78, 5) is 0. The molecule has 3 N–H and O–H groups in total. The van der Waals surface area contributed by atoms with Crippen molar-refractivity contribution < 1.29 is 4.74 Å². The van der Waals surface area contributed by atoms with Crippen LogP contribution in [0.5, 0.6) is 5.75 Å². The van der Waals surface area contributed by atoms with Crippen LogP contribution in [0.25, 0.3) is 0 Å². The highest BCUT2D eigenvalue weighted by molar-refractivity contribution is 6.30. The van der Waals surface area contributed by atoms with Crippen LogP contribution in [0.15, 0.2) is 24.4 Å². The summed E-state index contributed by atoms with van der Waals surface area (Å²) < 4.78 is 6.98. The molecule has 1 atom stereocenters. The Morgan fingerprint density at radius 3 is 2.89 bits per heavy atom. The molecule has 19 heavy (non-hydrogen) atoms. The highest BCUT2D eigenvalue weighted by Gasteiger charge is 2.17. The smallest absolute Gasteiger partial charge is 0.123 e. The quantitative estimate of drug-likeness (QED) is 0.636. The van der Waals surface area contributed by atoms with E-state index in [1.165, 1.54) is 0 Å². The lowest BCUT2D eigenvalue weighted by atomic mass is 10.0. The van der Waals surface area contributed by atoms with Gasteiger partial charge in [-0.05, 0) is 18.2 Å². The van der Waals surface area contributed by atoms with Crippen molar-refractivity contribution in [2.75, 3.05) is 7.11 Å². The van der Waals surface area contributed by atoms with E-state index < -0.39 is 0 Å². The maximum Gasteiger partial charge on any atom is 0.123 e. The van der Waals surface area contributed by atoms with E-state index >= 15 is 0 Å². The molecule has 0 aliphatic heterocycles. The first-order valence-corrected chi connectivity index (χ1v) is 6.16. The third kappa shape index (κ3) is 3.23. The van der Waals surface area contributed by atoms with Crippen molar-refractivity contribution in [1.82, 2.24) is 20.4 Å². The Hall–Kier alpha value is -1.63. The maximum atomic E-state index is 6.03. The van der Waals surface area contributed by atoms with E-state index in [0.717, 1.165) is 17.0 Å². The van der Waals surface area contributed by atoms with Gasteiger partial charge in [0.2, 0.25) is 0 Å². The van der Waals surface area contributed by atoms with Crippen LogP contribution in [-0.2, 0) is 13.5 Å². The predicted octanol–water partition coefficient (Wildman–Crippen LogP) is 1.22. The van der Waals surface area contributed by atoms with E-state index in [9.17, 15) is 0 Å². The van der Waals surface area contributed by atoms with Crippen LogP contribution in [0.2, 0.25) is 5.02 Å². The van der Waals surface area contributed by atoms with Gasteiger partial charge in [-0.1, -0.05) is 16.8 Å². The average molecular weight is 282 g/mol. The summed E-state index contributed by atoms with van der Waals surface area (Å²) in [5.41, 5.74) is 4.49. The molecule has 1 unspecified atom stereocenters. The number of nitrogens with zero attached hydrogens (tertiary/aromatic N) is 3. The molecule has 0 saturated heterocycles. The van der Waals surface area contributed by atoms with Crippen LogP contribution in [-0.4, -0.2) is 22.1 Å². The minimum Gasteiger partial charge on any atom is -0.496 e. The van der Waals surface area contributed by atoms with Crippen LogP contribution < -0.4 is 16.0 Å². The summed E-state index contributed by atoms with van der Waals surface area (Å²) in [5.74, 6) is 6.36. The Morgan fingerprint density at radius 2 is 2.32 bits per heavy atom. The van der Waals surface area contributed by atoms with Gasteiger partial charge in [0.1, 0.15) is 5.75 Å². The van der Waals surface area contributed by atoms with Crippen molar-refractivity contribution in [2.24, 2.45) is 12.9 Å². The summed E-state index contributed by atoms with van der Waals surface area (Å²) in [6, 6.07) is 5.28. The van der Waals surface area contributed by atoms with E-state index in [-0.39, 0.29) is 6.04 Å². The molecular formula is C12H16ClN5O. The van der Waals surface area contributed by atoms with Gasteiger partial charge in [-0.3, -0.25) is 16.0 Å². The summed E-state index contributed by atoms with van der Waals surface area (Å²) in [6.45, 7) is 0. The number of aryl methyl sites for hydroxylation is 1. The summed E-state index contributed by atoms with van der Waals surface area (Å²) in [5, 5.41) is 8.58. The Morgan fingerprint density at radius 1 is 1.53 bits per heavy atom. The number of rotatable bonds is 5. The molecule has 0 radical (unpaired) electrons. The van der Waals surface area contributed by atoms with Crippen LogP contribution in [0.1, 0.15) is 17.3 Å². The number of hydrogen-bond acceptors (Lipinski definition) is 5. The SMILES string of the molecule is COc1ccc(Cl)cc1C(Cc1cn(C)nn1)NN. The minimum absolute atomic E-state index is 0.148. The van der Waals surface area contributed by atoms with Gasteiger partial charge in [0.15, 0.2) is 0 Å². The molecule has 2 aromatic rings. The molecule has 2 rings (SSSR count). The molecule has 0 spiro atoms. The maximum absolute atomic E-state index is 6.03. The van der Waals surface area contributed by atoms with Crippen molar-refractivity contribution in [2.45, 2.75) is 12.5 Å². The number of aromatic nitrogens is 3. The molecule has 7 heteroatoms. The van der Waals surface area contributed by atoms with Crippen molar-refractivity contribution >= 4 is 11.6 Å². The normalized spacial score (nSPS) is 12.4. The Labute approximate surface area is 116 Å². The molecule has 0 amide bonds. The van der Waals surface area contributed by atoms with Crippen molar-refractivity contribution in [3.05, 3.63) is 40.7 Å². The molecule has 1 aromatic heterocycles. The summed E-state index contributed by atoms with van der Waals surface area (Å²) in [6.07, 6.45) is 2.45. The summed E-state index contributed by atoms with van der Waals surface area (Å²) in [7, 11) is 3.43. The second-order valence-corrected chi connectivity index (χ2v) is 4.63. The number of hydrogen-bond donors (Lipinski definition) is 2. The number of halogens is 1. The van der Waals surface area contributed by atoms with Gasteiger partial charge in [-0.15, -0.1) is 5.10 Å². The molecule has 0 fully saturated rings. The minimum atomic E-state index is -0.148. The molecule has 1 heterocycles. The van der Waals surface area contributed by atoms with E-state index in [4.69, 9.17) is 22.2 Å². The first-order chi connectivity index (χ1) is 9.13. The van der Waals surface area contributed by atoms with Crippen molar-refractivity contribution in [1.29, 1.82) is 0 Å². The largest absolute Gasteiger partial charge is 0.496 e. The highest BCUT2D eigenvalue weighted by atomic mass is 35.5. The van der Waals surface area contributed by atoms with Crippen LogP contribution in [0.4, 0.5) is 0 Å². The first-order valence-electron chi connectivity index (χ1n) is 5.78. The van der Waals surface area contributed by atoms with Crippen molar-refractivity contribution in [3.63, 3.8) is 0 Å². The monoisotopic (exact) mass is 281 g/mol.